The molecule has 0 aliphatic heterocycles. The molecule has 2 rings (SSSR count). The highest BCUT2D eigenvalue weighted by molar-refractivity contribution is 5.94. The van der Waals surface area contributed by atoms with E-state index in [0.717, 1.165) is 25.0 Å². The summed E-state index contributed by atoms with van der Waals surface area (Å²) in [5.74, 6) is -0.816. The number of carbonyl (C=O) groups is 1. The van der Waals surface area contributed by atoms with Gasteiger partial charge in [0.2, 0.25) is 0 Å². The van der Waals surface area contributed by atoms with Crippen molar-refractivity contribution in [3.8, 4) is 18.1 Å². The summed E-state index contributed by atoms with van der Waals surface area (Å²) in [6.45, 7) is -0.235. The van der Waals surface area contributed by atoms with Crippen LogP contribution in [0.15, 0.2) is 12.1 Å². The predicted octanol–water partition coefficient (Wildman–Crippen LogP) is 1.87. The lowest BCUT2D eigenvalue weighted by molar-refractivity contribution is 0.0950. The summed E-state index contributed by atoms with van der Waals surface area (Å²) in [6.07, 6.45) is 6.74. The summed E-state index contributed by atoms with van der Waals surface area (Å²) in [5, 5.41) is 2.64. The van der Waals surface area contributed by atoms with Gasteiger partial charge in [0.1, 0.15) is 6.61 Å². The van der Waals surface area contributed by atoms with Crippen molar-refractivity contribution >= 4 is 5.91 Å². The van der Waals surface area contributed by atoms with E-state index in [-0.39, 0.29) is 18.2 Å². The van der Waals surface area contributed by atoms with Crippen LogP contribution in [0.4, 0.5) is 8.78 Å². The van der Waals surface area contributed by atoms with E-state index in [1.54, 1.807) is 0 Å². The van der Waals surface area contributed by atoms with Crippen molar-refractivity contribution in [1.29, 1.82) is 0 Å². The van der Waals surface area contributed by atoms with Gasteiger partial charge in [0.25, 0.3) is 5.91 Å². The van der Waals surface area contributed by atoms with Crippen LogP contribution in [-0.4, -0.2) is 18.6 Å². The quantitative estimate of drug-likeness (QED) is 0.830. The molecule has 0 aromatic heterocycles. The zero-order chi connectivity index (χ0) is 13.1. The fourth-order valence-corrected chi connectivity index (χ4v) is 1.44. The third kappa shape index (κ3) is 2.77. The molecule has 1 N–H and O–H groups in total. The molecule has 1 amide bonds. The molecule has 3 nitrogen and oxygen atoms in total. The van der Waals surface area contributed by atoms with Crippen LogP contribution in [0.25, 0.3) is 0 Å². The summed E-state index contributed by atoms with van der Waals surface area (Å²) < 4.78 is 31.8. The second kappa shape index (κ2) is 5.05. The molecule has 1 aromatic carbocycles. The molecule has 1 aliphatic carbocycles. The van der Waals surface area contributed by atoms with Crippen molar-refractivity contribution in [2.45, 2.75) is 18.9 Å². The number of amides is 1. The molecule has 0 atom stereocenters. The average Bonchev–Trinajstić information content (AvgIpc) is 3.11. The van der Waals surface area contributed by atoms with Gasteiger partial charge < -0.3 is 10.1 Å². The van der Waals surface area contributed by atoms with E-state index in [1.807, 2.05) is 0 Å². The molecule has 18 heavy (non-hydrogen) atoms. The number of hydrogen-bond acceptors (Lipinski definition) is 2. The lowest BCUT2D eigenvalue weighted by Gasteiger charge is -2.08. The Morgan fingerprint density at radius 3 is 2.56 bits per heavy atom. The van der Waals surface area contributed by atoms with E-state index < -0.39 is 23.3 Å². The molecule has 94 valence electrons. The fraction of sp³-hybridized carbons (Fsp3) is 0.308. The van der Waals surface area contributed by atoms with Crippen molar-refractivity contribution in [3.63, 3.8) is 0 Å². The predicted molar refractivity (Wildman–Crippen MR) is 61.2 cm³/mol. The first-order valence-corrected chi connectivity index (χ1v) is 5.48. The molecule has 0 saturated heterocycles. The first-order chi connectivity index (χ1) is 8.61. The summed E-state index contributed by atoms with van der Waals surface area (Å²) in [6, 6.07) is 2.00. The van der Waals surface area contributed by atoms with Crippen LogP contribution in [-0.2, 0) is 0 Å². The largest absolute Gasteiger partial charge is 0.475 e. The minimum Gasteiger partial charge on any atom is -0.475 e. The highest BCUT2D eigenvalue weighted by Gasteiger charge is 2.25. The molecule has 1 aliphatic rings. The van der Waals surface area contributed by atoms with Crippen LogP contribution in [0.2, 0.25) is 0 Å². The number of rotatable bonds is 4. The van der Waals surface area contributed by atoms with Crippen LogP contribution in [0.1, 0.15) is 23.2 Å². The van der Waals surface area contributed by atoms with Crippen molar-refractivity contribution < 1.29 is 18.3 Å². The highest BCUT2D eigenvalue weighted by Crippen LogP contribution is 2.24. The molecule has 0 radical (unpaired) electrons. The Morgan fingerprint density at radius 2 is 2.06 bits per heavy atom. The highest BCUT2D eigenvalue weighted by atomic mass is 19.1. The third-order valence-electron chi connectivity index (χ3n) is 2.47. The minimum absolute atomic E-state index is 0.0649. The van der Waals surface area contributed by atoms with E-state index in [2.05, 4.69) is 11.2 Å². The Hall–Kier alpha value is -2.09. The molecule has 0 bridgehead atoms. The molecule has 1 fully saturated rings. The van der Waals surface area contributed by atoms with Gasteiger partial charge in [-0.25, -0.2) is 8.78 Å². The van der Waals surface area contributed by atoms with Gasteiger partial charge in [0.15, 0.2) is 17.4 Å². The van der Waals surface area contributed by atoms with Crippen LogP contribution in [0.3, 0.4) is 0 Å². The van der Waals surface area contributed by atoms with E-state index in [9.17, 15) is 13.6 Å². The van der Waals surface area contributed by atoms with Crippen molar-refractivity contribution in [2.75, 3.05) is 6.61 Å². The van der Waals surface area contributed by atoms with Gasteiger partial charge in [-0.1, -0.05) is 5.92 Å². The monoisotopic (exact) mass is 251 g/mol. The number of terminal acetylenes is 1. The number of nitrogens with one attached hydrogen (secondary N) is 1. The standard InChI is InChI=1S/C13H11F2NO2/c1-2-5-18-12-10(14)6-8(7-11(12)15)13(17)16-9-3-4-9/h1,6-7,9H,3-5H2,(H,16,17). The maximum absolute atomic E-state index is 13.5. The van der Waals surface area contributed by atoms with Crippen LogP contribution >= 0.6 is 0 Å². The Kier molecular flexibility index (Phi) is 3.47. The topological polar surface area (TPSA) is 38.3 Å². The van der Waals surface area contributed by atoms with Gasteiger partial charge in [-0.2, -0.15) is 0 Å². The Balaban J connectivity index is 2.18. The van der Waals surface area contributed by atoms with E-state index in [1.165, 1.54) is 0 Å². The second-order valence-electron chi connectivity index (χ2n) is 4.01. The Bertz CT molecular complexity index is 495. The number of carbonyl (C=O) groups excluding carboxylic acids is 1. The summed E-state index contributed by atoms with van der Waals surface area (Å²) in [7, 11) is 0. The normalized spacial score (nSPS) is 13.8. The van der Waals surface area contributed by atoms with Crippen LogP contribution in [0, 0.1) is 24.0 Å². The Labute approximate surface area is 103 Å². The minimum atomic E-state index is -0.939. The van der Waals surface area contributed by atoms with Crippen LogP contribution in [0.5, 0.6) is 5.75 Å². The van der Waals surface area contributed by atoms with Gasteiger partial charge in [-0.15, -0.1) is 6.42 Å². The molecular formula is C13H11F2NO2. The first-order valence-electron chi connectivity index (χ1n) is 5.48. The molecule has 1 saturated carbocycles. The molecular weight excluding hydrogens is 240 g/mol. The first kappa shape index (κ1) is 12.4. The maximum Gasteiger partial charge on any atom is 0.251 e. The molecule has 0 unspecified atom stereocenters. The number of halogens is 2. The zero-order valence-electron chi connectivity index (χ0n) is 9.50. The van der Waals surface area contributed by atoms with E-state index in [4.69, 9.17) is 11.2 Å². The van der Waals surface area contributed by atoms with Gasteiger partial charge in [0.05, 0.1) is 0 Å². The number of hydrogen-bond donors (Lipinski definition) is 1. The summed E-state index contributed by atoms with van der Waals surface area (Å²) in [4.78, 5) is 11.6. The van der Waals surface area contributed by atoms with Crippen molar-refractivity contribution in [2.24, 2.45) is 0 Å². The SMILES string of the molecule is C#CCOc1c(F)cc(C(=O)NC2CC2)cc1F. The number of ether oxygens (including phenoxy) is 1. The van der Waals surface area contributed by atoms with Crippen molar-refractivity contribution in [3.05, 3.63) is 29.3 Å². The van der Waals surface area contributed by atoms with Crippen molar-refractivity contribution in [1.82, 2.24) is 5.32 Å². The van der Waals surface area contributed by atoms with Crippen LogP contribution < -0.4 is 10.1 Å². The molecule has 5 heteroatoms. The van der Waals surface area contributed by atoms with Gasteiger partial charge >= 0.3 is 0 Å². The zero-order valence-corrected chi connectivity index (χ0v) is 9.50. The lowest BCUT2D eigenvalue weighted by Crippen LogP contribution is -2.25. The smallest absolute Gasteiger partial charge is 0.251 e. The van der Waals surface area contributed by atoms with Gasteiger partial charge in [-0.3, -0.25) is 4.79 Å². The fourth-order valence-electron chi connectivity index (χ4n) is 1.44. The third-order valence-corrected chi connectivity index (χ3v) is 2.47. The van der Waals surface area contributed by atoms with Gasteiger partial charge in [-0.05, 0) is 25.0 Å². The van der Waals surface area contributed by atoms with E-state index >= 15 is 0 Å². The lowest BCUT2D eigenvalue weighted by atomic mass is 10.2. The number of benzene rings is 1. The summed E-state index contributed by atoms with van der Waals surface area (Å²) in [5.41, 5.74) is -0.0649. The molecule has 1 aromatic rings. The second-order valence-corrected chi connectivity index (χ2v) is 4.01. The molecule has 0 heterocycles. The maximum atomic E-state index is 13.5. The Morgan fingerprint density at radius 1 is 1.44 bits per heavy atom. The average molecular weight is 251 g/mol. The molecule has 0 spiro atoms. The van der Waals surface area contributed by atoms with Gasteiger partial charge in [0, 0.05) is 11.6 Å². The van der Waals surface area contributed by atoms with E-state index in [0.29, 0.717) is 0 Å². The summed E-state index contributed by atoms with van der Waals surface area (Å²) >= 11 is 0.